The molecule has 1 heteroatoms. The molecule has 0 nitrogen and oxygen atoms in total. The van der Waals surface area contributed by atoms with Crippen molar-refractivity contribution in [1.82, 2.24) is 0 Å². The third-order valence-electron chi connectivity index (χ3n) is 5.26. The van der Waals surface area contributed by atoms with Crippen LogP contribution in [0.1, 0.15) is 66.2 Å². The van der Waals surface area contributed by atoms with Crippen LogP contribution in [0.25, 0.3) is 0 Å². The van der Waals surface area contributed by atoms with Crippen LogP contribution in [0.3, 0.4) is 0 Å². The Morgan fingerprint density at radius 1 is 1.20 bits per heavy atom. The average Bonchev–Trinajstić information content (AvgIpc) is 2.44. The maximum atomic E-state index is 4.27. The van der Waals surface area contributed by atoms with Crippen LogP contribution in [0.15, 0.2) is 24.3 Å². The molecule has 1 saturated heterocycles. The highest BCUT2D eigenvalue weighted by Crippen LogP contribution is 2.44. The standard InChI is InChI=1S/C19H34S/c1-7-17(6)18(15(3)4)13-16(5)14-19(8-2)9-11-20-12-10-19/h16,18H,3,6-14H2,1-2,4-5H3. The fourth-order valence-corrected chi connectivity index (χ4v) is 5.05. The summed E-state index contributed by atoms with van der Waals surface area (Å²) in [4.78, 5) is 0. The summed E-state index contributed by atoms with van der Waals surface area (Å²) in [7, 11) is 0. The monoisotopic (exact) mass is 294 g/mol. The molecule has 2 unspecified atom stereocenters. The highest BCUT2D eigenvalue weighted by Gasteiger charge is 2.32. The Balaban J connectivity index is 2.62. The van der Waals surface area contributed by atoms with Crippen LogP contribution in [0.4, 0.5) is 0 Å². The van der Waals surface area contributed by atoms with E-state index in [2.05, 4.69) is 52.6 Å². The van der Waals surface area contributed by atoms with Gasteiger partial charge in [-0.05, 0) is 61.9 Å². The number of hydrogen-bond acceptors (Lipinski definition) is 1. The topological polar surface area (TPSA) is 0 Å². The molecular formula is C19H34S. The Morgan fingerprint density at radius 3 is 2.25 bits per heavy atom. The molecule has 0 aromatic carbocycles. The van der Waals surface area contributed by atoms with Crippen LogP contribution in [-0.4, -0.2) is 11.5 Å². The molecule has 1 aliphatic heterocycles. The van der Waals surface area contributed by atoms with E-state index in [1.165, 1.54) is 54.8 Å². The summed E-state index contributed by atoms with van der Waals surface area (Å²) in [6.45, 7) is 17.7. The summed E-state index contributed by atoms with van der Waals surface area (Å²) in [6.07, 6.45) is 7.92. The van der Waals surface area contributed by atoms with E-state index >= 15 is 0 Å². The predicted octanol–water partition coefficient (Wildman–Crippen LogP) is 6.48. The maximum Gasteiger partial charge on any atom is 0.000121 e. The predicted molar refractivity (Wildman–Crippen MR) is 95.4 cm³/mol. The zero-order valence-electron chi connectivity index (χ0n) is 14.1. The molecule has 0 radical (unpaired) electrons. The van der Waals surface area contributed by atoms with Crippen LogP contribution in [0, 0.1) is 17.3 Å². The molecule has 1 fully saturated rings. The molecule has 0 spiro atoms. The number of allylic oxidation sites excluding steroid dienone is 2. The van der Waals surface area contributed by atoms with Crippen molar-refractivity contribution < 1.29 is 0 Å². The van der Waals surface area contributed by atoms with Gasteiger partial charge in [0.25, 0.3) is 0 Å². The molecule has 1 rings (SSSR count). The largest absolute Gasteiger partial charge is 0.162 e. The molecule has 20 heavy (non-hydrogen) atoms. The average molecular weight is 295 g/mol. The second-order valence-electron chi connectivity index (χ2n) is 6.92. The van der Waals surface area contributed by atoms with Crippen molar-refractivity contribution in [3.63, 3.8) is 0 Å². The van der Waals surface area contributed by atoms with Gasteiger partial charge in [-0.2, -0.15) is 11.8 Å². The first-order valence-corrected chi connectivity index (χ1v) is 9.50. The first kappa shape index (κ1) is 17.9. The second kappa shape index (κ2) is 8.32. The van der Waals surface area contributed by atoms with Crippen molar-refractivity contribution in [3.05, 3.63) is 24.3 Å². The number of thioether (sulfide) groups is 1. The van der Waals surface area contributed by atoms with Gasteiger partial charge in [0.2, 0.25) is 0 Å². The van der Waals surface area contributed by atoms with Gasteiger partial charge in [-0.15, -0.1) is 0 Å². The minimum absolute atomic E-state index is 0.530. The zero-order chi connectivity index (χ0) is 15.2. The SMILES string of the molecule is C=C(C)C(CC(C)CC1(CC)CCSCC1)C(=C)CC. The molecule has 0 bridgehead atoms. The van der Waals surface area contributed by atoms with Crippen LogP contribution < -0.4 is 0 Å². The number of rotatable bonds is 8. The van der Waals surface area contributed by atoms with Gasteiger partial charge in [-0.3, -0.25) is 0 Å². The molecule has 0 aliphatic carbocycles. The van der Waals surface area contributed by atoms with E-state index in [-0.39, 0.29) is 0 Å². The lowest BCUT2D eigenvalue weighted by Gasteiger charge is -2.39. The normalized spacial score (nSPS) is 21.2. The van der Waals surface area contributed by atoms with Gasteiger partial charge in [0.05, 0.1) is 0 Å². The van der Waals surface area contributed by atoms with Crippen molar-refractivity contribution in [2.75, 3.05) is 11.5 Å². The van der Waals surface area contributed by atoms with Crippen LogP contribution in [-0.2, 0) is 0 Å². The molecule has 0 aromatic heterocycles. The van der Waals surface area contributed by atoms with Gasteiger partial charge >= 0.3 is 0 Å². The summed E-state index contributed by atoms with van der Waals surface area (Å²) in [5.74, 6) is 4.04. The van der Waals surface area contributed by atoms with Gasteiger partial charge in [0.15, 0.2) is 0 Å². The van der Waals surface area contributed by atoms with Crippen LogP contribution >= 0.6 is 11.8 Å². The fraction of sp³-hybridized carbons (Fsp3) is 0.789. The first-order valence-electron chi connectivity index (χ1n) is 8.35. The highest BCUT2D eigenvalue weighted by molar-refractivity contribution is 7.99. The van der Waals surface area contributed by atoms with E-state index in [0.29, 0.717) is 11.3 Å². The minimum Gasteiger partial charge on any atom is -0.162 e. The molecular weight excluding hydrogens is 260 g/mol. The second-order valence-corrected chi connectivity index (χ2v) is 8.15. The smallest absolute Gasteiger partial charge is 0.000121 e. The molecule has 1 heterocycles. The van der Waals surface area contributed by atoms with Gasteiger partial charge in [-0.25, -0.2) is 0 Å². The van der Waals surface area contributed by atoms with E-state index in [4.69, 9.17) is 0 Å². The Morgan fingerprint density at radius 2 is 1.80 bits per heavy atom. The minimum atomic E-state index is 0.530. The van der Waals surface area contributed by atoms with E-state index in [9.17, 15) is 0 Å². The van der Waals surface area contributed by atoms with Crippen molar-refractivity contribution in [1.29, 1.82) is 0 Å². The Bertz CT molecular complexity index is 323. The first-order chi connectivity index (χ1) is 9.44. The molecule has 0 N–H and O–H groups in total. The van der Waals surface area contributed by atoms with Crippen LogP contribution in [0.5, 0.6) is 0 Å². The fourth-order valence-electron chi connectivity index (χ4n) is 3.69. The lowest BCUT2D eigenvalue weighted by atomic mass is 9.70. The Hall–Kier alpha value is -0.170. The lowest BCUT2D eigenvalue weighted by Crippen LogP contribution is -2.28. The Labute approximate surface area is 131 Å². The van der Waals surface area contributed by atoms with Crippen molar-refractivity contribution in [2.45, 2.75) is 66.2 Å². The molecule has 0 aromatic rings. The van der Waals surface area contributed by atoms with E-state index < -0.39 is 0 Å². The van der Waals surface area contributed by atoms with Gasteiger partial charge in [0.1, 0.15) is 0 Å². The summed E-state index contributed by atoms with van der Waals surface area (Å²) in [6, 6.07) is 0. The summed E-state index contributed by atoms with van der Waals surface area (Å²) < 4.78 is 0. The van der Waals surface area contributed by atoms with Gasteiger partial charge in [-0.1, -0.05) is 51.5 Å². The van der Waals surface area contributed by atoms with Crippen LogP contribution in [0.2, 0.25) is 0 Å². The molecule has 1 aliphatic rings. The highest BCUT2D eigenvalue weighted by atomic mass is 32.2. The Kier molecular flexibility index (Phi) is 7.43. The molecule has 0 amide bonds. The van der Waals surface area contributed by atoms with E-state index in [1.807, 2.05) is 0 Å². The zero-order valence-corrected chi connectivity index (χ0v) is 15.0. The lowest BCUT2D eigenvalue weighted by molar-refractivity contribution is 0.182. The molecule has 0 saturated carbocycles. The summed E-state index contributed by atoms with van der Waals surface area (Å²) >= 11 is 2.14. The maximum absolute atomic E-state index is 4.27. The van der Waals surface area contributed by atoms with Crippen molar-refractivity contribution in [2.24, 2.45) is 17.3 Å². The van der Waals surface area contributed by atoms with Crippen molar-refractivity contribution in [3.8, 4) is 0 Å². The summed E-state index contributed by atoms with van der Waals surface area (Å²) in [5.41, 5.74) is 3.29. The third kappa shape index (κ3) is 4.98. The van der Waals surface area contributed by atoms with E-state index in [1.54, 1.807) is 0 Å². The molecule has 116 valence electrons. The van der Waals surface area contributed by atoms with Gasteiger partial charge < -0.3 is 0 Å². The van der Waals surface area contributed by atoms with Crippen molar-refractivity contribution >= 4 is 11.8 Å². The molecule has 2 atom stereocenters. The quantitative estimate of drug-likeness (QED) is 0.461. The third-order valence-corrected chi connectivity index (χ3v) is 6.25. The summed E-state index contributed by atoms with van der Waals surface area (Å²) in [5, 5.41) is 0. The van der Waals surface area contributed by atoms with E-state index in [0.717, 1.165) is 12.3 Å². The number of hydrogen-bond donors (Lipinski definition) is 0. The van der Waals surface area contributed by atoms with Gasteiger partial charge in [0, 0.05) is 5.92 Å².